The minimum Gasteiger partial charge on any atom is -0.465 e. The summed E-state index contributed by atoms with van der Waals surface area (Å²) in [5.41, 5.74) is 5.14. The number of carbonyl (C=O) groups is 1. The molecule has 0 amide bonds. The van der Waals surface area contributed by atoms with Gasteiger partial charge in [0.15, 0.2) is 0 Å². The summed E-state index contributed by atoms with van der Waals surface area (Å²) in [6, 6.07) is 0. The van der Waals surface area contributed by atoms with Crippen molar-refractivity contribution in [2.24, 2.45) is 11.7 Å². The zero-order valence-electron chi connectivity index (χ0n) is 12.7. The van der Waals surface area contributed by atoms with Crippen molar-refractivity contribution in [2.45, 2.75) is 53.0 Å². The van der Waals surface area contributed by atoms with E-state index in [1.54, 1.807) is 13.8 Å². The van der Waals surface area contributed by atoms with E-state index in [9.17, 15) is 4.79 Å². The summed E-state index contributed by atoms with van der Waals surface area (Å²) in [5.74, 6) is 0.376. The molecule has 108 valence electrons. The quantitative estimate of drug-likeness (QED) is 0.643. The predicted octanol–water partition coefficient (Wildman–Crippen LogP) is 2.02. The smallest absolute Gasteiger partial charge is 0.325 e. The Morgan fingerprint density at radius 1 is 1.39 bits per heavy atom. The molecule has 4 heteroatoms. The third-order valence-electron chi connectivity index (χ3n) is 3.40. The average molecular weight is 258 g/mol. The Balaban J connectivity index is 4.21. The van der Waals surface area contributed by atoms with Gasteiger partial charge < -0.3 is 15.4 Å². The first-order valence-electron chi connectivity index (χ1n) is 7.05. The van der Waals surface area contributed by atoms with E-state index in [2.05, 4.69) is 25.7 Å². The van der Waals surface area contributed by atoms with Crippen molar-refractivity contribution in [1.82, 2.24) is 4.90 Å². The van der Waals surface area contributed by atoms with Gasteiger partial charge in [0.25, 0.3) is 0 Å². The van der Waals surface area contributed by atoms with Crippen molar-refractivity contribution >= 4 is 5.97 Å². The van der Waals surface area contributed by atoms with Crippen molar-refractivity contribution < 1.29 is 9.53 Å². The lowest BCUT2D eigenvalue weighted by Crippen LogP contribution is -2.48. The molecule has 0 spiro atoms. The van der Waals surface area contributed by atoms with E-state index in [1.807, 2.05) is 0 Å². The molecule has 0 heterocycles. The van der Waals surface area contributed by atoms with Gasteiger partial charge in [-0.1, -0.05) is 27.2 Å². The molecular weight excluding hydrogens is 228 g/mol. The number of hydrogen-bond donors (Lipinski definition) is 1. The standard InChI is InChI=1S/C14H30N2O2/c1-6-12(4)11-16(7-2)10-9-14(5,15)13(17)18-8-3/h12H,6-11,15H2,1-5H3. The predicted molar refractivity (Wildman–Crippen MR) is 75.4 cm³/mol. The second-order valence-electron chi connectivity index (χ2n) is 5.29. The maximum atomic E-state index is 11.7. The Morgan fingerprint density at radius 2 is 2.00 bits per heavy atom. The van der Waals surface area contributed by atoms with E-state index < -0.39 is 5.54 Å². The van der Waals surface area contributed by atoms with Crippen molar-refractivity contribution in [3.8, 4) is 0 Å². The highest BCUT2D eigenvalue weighted by atomic mass is 16.5. The number of esters is 1. The average Bonchev–Trinajstić information content (AvgIpc) is 2.34. The Hall–Kier alpha value is -0.610. The summed E-state index contributed by atoms with van der Waals surface area (Å²) in [4.78, 5) is 14.0. The molecule has 0 aromatic heterocycles. The van der Waals surface area contributed by atoms with Gasteiger partial charge in [-0.3, -0.25) is 4.79 Å². The summed E-state index contributed by atoms with van der Waals surface area (Å²) in [6.07, 6.45) is 1.81. The third-order valence-corrected chi connectivity index (χ3v) is 3.40. The minimum atomic E-state index is -0.876. The zero-order valence-corrected chi connectivity index (χ0v) is 12.7. The summed E-state index contributed by atoms with van der Waals surface area (Å²) < 4.78 is 4.99. The molecule has 0 radical (unpaired) electrons. The van der Waals surface area contributed by atoms with Crippen LogP contribution in [0.2, 0.25) is 0 Å². The summed E-state index contributed by atoms with van der Waals surface area (Å²) >= 11 is 0. The molecular formula is C14H30N2O2. The Bertz CT molecular complexity index is 242. The summed E-state index contributed by atoms with van der Waals surface area (Å²) in [6.45, 7) is 13.4. The topological polar surface area (TPSA) is 55.6 Å². The molecule has 0 rings (SSSR count). The van der Waals surface area contributed by atoms with E-state index in [0.717, 1.165) is 19.6 Å². The van der Waals surface area contributed by atoms with Gasteiger partial charge >= 0.3 is 5.97 Å². The monoisotopic (exact) mass is 258 g/mol. The maximum absolute atomic E-state index is 11.7. The van der Waals surface area contributed by atoms with Gasteiger partial charge in [-0.25, -0.2) is 0 Å². The highest BCUT2D eigenvalue weighted by molar-refractivity contribution is 5.79. The van der Waals surface area contributed by atoms with Crippen molar-refractivity contribution in [3.05, 3.63) is 0 Å². The molecule has 0 fully saturated rings. The number of carbonyl (C=O) groups excluding carboxylic acids is 1. The highest BCUT2D eigenvalue weighted by Crippen LogP contribution is 2.11. The van der Waals surface area contributed by atoms with Gasteiger partial charge in [0, 0.05) is 13.1 Å². The van der Waals surface area contributed by atoms with Gasteiger partial charge in [-0.15, -0.1) is 0 Å². The highest BCUT2D eigenvalue weighted by Gasteiger charge is 2.30. The fourth-order valence-corrected chi connectivity index (χ4v) is 1.74. The number of ether oxygens (including phenoxy) is 1. The van der Waals surface area contributed by atoms with Crippen LogP contribution in [0, 0.1) is 5.92 Å². The lowest BCUT2D eigenvalue weighted by Gasteiger charge is -2.28. The van der Waals surface area contributed by atoms with Gasteiger partial charge in [-0.05, 0) is 32.7 Å². The fourth-order valence-electron chi connectivity index (χ4n) is 1.74. The first-order chi connectivity index (χ1) is 8.37. The van der Waals surface area contributed by atoms with E-state index in [-0.39, 0.29) is 5.97 Å². The third kappa shape index (κ3) is 6.36. The normalized spacial score (nSPS) is 16.4. The largest absolute Gasteiger partial charge is 0.465 e. The molecule has 0 aliphatic rings. The van der Waals surface area contributed by atoms with Gasteiger partial charge in [0.2, 0.25) is 0 Å². The molecule has 2 unspecified atom stereocenters. The van der Waals surface area contributed by atoms with Crippen LogP contribution in [-0.4, -0.2) is 42.6 Å². The van der Waals surface area contributed by atoms with Crippen LogP contribution in [0.1, 0.15) is 47.5 Å². The molecule has 0 saturated carbocycles. The SMILES string of the molecule is CCOC(=O)C(C)(N)CCN(CC)CC(C)CC. The number of nitrogens with two attached hydrogens (primary N) is 1. The van der Waals surface area contributed by atoms with Crippen LogP contribution in [0.3, 0.4) is 0 Å². The number of rotatable bonds is 9. The summed E-state index contributed by atoms with van der Waals surface area (Å²) in [5, 5.41) is 0. The second-order valence-corrected chi connectivity index (χ2v) is 5.29. The van der Waals surface area contributed by atoms with Crippen LogP contribution >= 0.6 is 0 Å². The van der Waals surface area contributed by atoms with Crippen LogP contribution < -0.4 is 5.73 Å². The molecule has 0 aromatic rings. The van der Waals surface area contributed by atoms with Crippen LogP contribution in [0.5, 0.6) is 0 Å². The molecule has 2 atom stereocenters. The first kappa shape index (κ1) is 17.4. The summed E-state index contributed by atoms with van der Waals surface area (Å²) in [7, 11) is 0. The molecule has 4 nitrogen and oxygen atoms in total. The van der Waals surface area contributed by atoms with Crippen molar-refractivity contribution in [1.29, 1.82) is 0 Å². The van der Waals surface area contributed by atoms with E-state index >= 15 is 0 Å². The van der Waals surface area contributed by atoms with E-state index in [1.165, 1.54) is 6.42 Å². The van der Waals surface area contributed by atoms with Crippen molar-refractivity contribution in [3.63, 3.8) is 0 Å². The van der Waals surface area contributed by atoms with Gasteiger partial charge in [0.05, 0.1) is 6.61 Å². The first-order valence-corrected chi connectivity index (χ1v) is 7.05. The molecule has 0 aliphatic heterocycles. The lowest BCUT2D eigenvalue weighted by molar-refractivity contribution is -0.149. The van der Waals surface area contributed by atoms with E-state index in [4.69, 9.17) is 10.5 Å². The second kappa shape index (κ2) is 8.48. The van der Waals surface area contributed by atoms with E-state index in [0.29, 0.717) is 18.9 Å². The Kier molecular flexibility index (Phi) is 8.20. The van der Waals surface area contributed by atoms with Crippen molar-refractivity contribution in [2.75, 3.05) is 26.2 Å². The van der Waals surface area contributed by atoms with Crippen LogP contribution in [0.25, 0.3) is 0 Å². The van der Waals surface area contributed by atoms with Crippen LogP contribution in [0.15, 0.2) is 0 Å². The van der Waals surface area contributed by atoms with Gasteiger partial charge in [0.1, 0.15) is 5.54 Å². The zero-order chi connectivity index (χ0) is 14.2. The Labute approximate surface area is 112 Å². The van der Waals surface area contributed by atoms with Gasteiger partial charge in [-0.2, -0.15) is 0 Å². The lowest BCUT2D eigenvalue weighted by atomic mass is 9.98. The molecule has 18 heavy (non-hydrogen) atoms. The van der Waals surface area contributed by atoms with Crippen LogP contribution in [-0.2, 0) is 9.53 Å². The maximum Gasteiger partial charge on any atom is 0.325 e. The van der Waals surface area contributed by atoms with Crippen LogP contribution in [0.4, 0.5) is 0 Å². The fraction of sp³-hybridized carbons (Fsp3) is 0.929. The number of nitrogens with zero attached hydrogens (tertiary/aromatic N) is 1. The molecule has 0 saturated heterocycles. The Morgan fingerprint density at radius 3 is 2.44 bits per heavy atom. The molecule has 0 bridgehead atoms. The minimum absolute atomic E-state index is 0.301. The molecule has 0 aliphatic carbocycles. The molecule has 0 aromatic carbocycles. The number of hydrogen-bond acceptors (Lipinski definition) is 4. The molecule has 2 N–H and O–H groups in total.